The first kappa shape index (κ1) is 18.7. The van der Waals surface area contributed by atoms with Gasteiger partial charge in [0.1, 0.15) is 5.75 Å². The number of carbonyl (C=O) groups is 1. The van der Waals surface area contributed by atoms with E-state index < -0.39 is 0 Å². The number of piperidine rings is 1. The first-order chi connectivity index (χ1) is 12.7. The fourth-order valence-corrected chi connectivity index (χ4v) is 3.42. The molecule has 3 rings (SSSR count). The molecule has 1 amide bonds. The first-order valence-corrected chi connectivity index (χ1v) is 9.15. The molecular formula is C21H27NO4. The Kier molecular flexibility index (Phi) is 6.47. The summed E-state index contributed by atoms with van der Waals surface area (Å²) in [6.07, 6.45) is 1.93. The van der Waals surface area contributed by atoms with Crippen LogP contribution in [0.5, 0.6) is 5.75 Å². The molecule has 5 nitrogen and oxygen atoms in total. The van der Waals surface area contributed by atoms with Crippen LogP contribution in [0.4, 0.5) is 0 Å². The SMILES string of the molecule is COCCOCC1CCN(C(=O)c2cc3ccccc3cc2OC)CC1. The van der Waals surface area contributed by atoms with Crippen molar-refractivity contribution in [2.75, 3.05) is 47.1 Å². The summed E-state index contributed by atoms with van der Waals surface area (Å²) in [5.41, 5.74) is 0.640. The molecule has 0 spiro atoms. The summed E-state index contributed by atoms with van der Waals surface area (Å²) in [5, 5.41) is 2.13. The lowest BCUT2D eigenvalue weighted by Gasteiger charge is -2.32. The smallest absolute Gasteiger partial charge is 0.257 e. The molecule has 1 saturated heterocycles. The summed E-state index contributed by atoms with van der Waals surface area (Å²) in [6, 6.07) is 11.9. The van der Waals surface area contributed by atoms with E-state index in [2.05, 4.69) is 0 Å². The summed E-state index contributed by atoms with van der Waals surface area (Å²) < 4.78 is 16.1. The molecule has 2 aromatic carbocycles. The van der Waals surface area contributed by atoms with Crippen LogP contribution in [0.1, 0.15) is 23.2 Å². The number of methoxy groups -OCH3 is 2. The van der Waals surface area contributed by atoms with E-state index in [1.165, 1.54) is 0 Å². The van der Waals surface area contributed by atoms with Gasteiger partial charge in [0.25, 0.3) is 5.91 Å². The number of hydrogen-bond donors (Lipinski definition) is 0. The number of fused-ring (bicyclic) bond motifs is 1. The predicted molar refractivity (Wildman–Crippen MR) is 102 cm³/mol. The number of likely N-dealkylation sites (tertiary alicyclic amines) is 1. The van der Waals surface area contributed by atoms with Crippen molar-refractivity contribution < 1.29 is 19.0 Å². The van der Waals surface area contributed by atoms with E-state index in [1.807, 2.05) is 41.3 Å². The highest BCUT2D eigenvalue weighted by molar-refractivity contribution is 6.01. The van der Waals surface area contributed by atoms with Crippen molar-refractivity contribution in [1.82, 2.24) is 4.90 Å². The molecule has 0 radical (unpaired) electrons. The second-order valence-electron chi connectivity index (χ2n) is 6.70. The number of rotatable bonds is 7. The van der Waals surface area contributed by atoms with Gasteiger partial charge in [0, 0.05) is 26.8 Å². The summed E-state index contributed by atoms with van der Waals surface area (Å²) in [6.45, 7) is 3.51. The van der Waals surface area contributed by atoms with E-state index in [0.29, 0.717) is 30.4 Å². The third kappa shape index (κ3) is 4.34. The van der Waals surface area contributed by atoms with Gasteiger partial charge in [-0.3, -0.25) is 4.79 Å². The van der Waals surface area contributed by atoms with Gasteiger partial charge in [-0.05, 0) is 41.7 Å². The number of carbonyl (C=O) groups excluding carboxylic acids is 1. The van der Waals surface area contributed by atoms with Crippen LogP contribution < -0.4 is 4.74 Å². The molecular weight excluding hydrogens is 330 g/mol. The first-order valence-electron chi connectivity index (χ1n) is 9.15. The largest absolute Gasteiger partial charge is 0.496 e. The highest BCUT2D eigenvalue weighted by atomic mass is 16.5. The van der Waals surface area contributed by atoms with Crippen LogP contribution in [0.25, 0.3) is 10.8 Å². The molecule has 1 aliphatic heterocycles. The molecule has 1 aliphatic rings. The van der Waals surface area contributed by atoms with E-state index >= 15 is 0 Å². The molecule has 26 heavy (non-hydrogen) atoms. The Bertz CT molecular complexity index is 738. The molecule has 0 atom stereocenters. The molecule has 0 aliphatic carbocycles. The average Bonchev–Trinajstić information content (AvgIpc) is 2.70. The average molecular weight is 357 g/mol. The Balaban J connectivity index is 1.64. The van der Waals surface area contributed by atoms with Crippen LogP contribution in [-0.2, 0) is 9.47 Å². The second kappa shape index (κ2) is 9.01. The van der Waals surface area contributed by atoms with E-state index in [9.17, 15) is 4.79 Å². The Morgan fingerprint density at radius 3 is 2.42 bits per heavy atom. The second-order valence-corrected chi connectivity index (χ2v) is 6.70. The number of benzene rings is 2. The molecule has 1 fully saturated rings. The summed E-state index contributed by atoms with van der Waals surface area (Å²) in [5.74, 6) is 1.19. The topological polar surface area (TPSA) is 48.0 Å². The van der Waals surface area contributed by atoms with E-state index in [0.717, 1.165) is 43.3 Å². The van der Waals surface area contributed by atoms with Crippen LogP contribution in [0.3, 0.4) is 0 Å². The van der Waals surface area contributed by atoms with E-state index in [-0.39, 0.29) is 5.91 Å². The van der Waals surface area contributed by atoms with Crippen LogP contribution in [-0.4, -0.2) is 57.9 Å². The van der Waals surface area contributed by atoms with Crippen LogP contribution in [0.2, 0.25) is 0 Å². The van der Waals surface area contributed by atoms with Gasteiger partial charge in [-0.1, -0.05) is 24.3 Å². The summed E-state index contributed by atoms with van der Waals surface area (Å²) in [7, 11) is 3.29. The molecule has 2 aromatic rings. The van der Waals surface area contributed by atoms with Gasteiger partial charge >= 0.3 is 0 Å². The van der Waals surface area contributed by atoms with Gasteiger partial charge in [-0.15, -0.1) is 0 Å². The molecule has 0 bridgehead atoms. The van der Waals surface area contributed by atoms with Crippen molar-refractivity contribution >= 4 is 16.7 Å². The maximum Gasteiger partial charge on any atom is 0.257 e. The molecule has 0 N–H and O–H groups in total. The molecule has 1 heterocycles. The minimum atomic E-state index is 0.0476. The van der Waals surface area contributed by atoms with Crippen LogP contribution in [0.15, 0.2) is 36.4 Å². The number of amides is 1. The zero-order valence-electron chi connectivity index (χ0n) is 15.6. The summed E-state index contributed by atoms with van der Waals surface area (Å²) >= 11 is 0. The molecule has 0 unspecified atom stereocenters. The van der Waals surface area contributed by atoms with Crippen molar-refractivity contribution in [3.05, 3.63) is 42.0 Å². The van der Waals surface area contributed by atoms with Crippen molar-refractivity contribution in [3.8, 4) is 5.75 Å². The third-order valence-corrected chi connectivity index (χ3v) is 4.99. The van der Waals surface area contributed by atoms with E-state index in [1.54, 1.807) is 14.2 Å². The minimum Gasteiger partial charge on any atom is -0.496 e. The van der Waals surface area contributed by atoms with Gasteiger partial charge in [-0.2, -0.15) is 0 Å². The van der Waals surface area contributed by atoms with Gasteiger partial charge in [0.05, 0.1) is 25.9 Å². The Morgan fingerprint density at radius 1 is 1.08 bits per heavy atom. The van der Waals surface area contributed by atoms with Gasteiger partial charge in [-0.25, -0.2) is 0 Å². The fraction of sp³-hybridized carbons (Fsp3) is 0.476. The zero-order valence-corrected chi connectivity index (χ0v) is 15.6. The fourth-order valence-electron chi connectivity index (χ4n) is 3.42. The lowest BCUT2D eigenvalue weighted by Crippen LogP contribution is -2.39. The van der Waals surface area contributed by atoms with Gasteiger partial charge in [0.2, 0.25) is 0 Å². The molecule has 0 aromatic heterocycles. The molecule has 5 heteroatoms. The number of hydrogen-bond acceptors (Lipinski definition) is 4. The summed E-state index contributed by atoms with van der Waals surface area (Å²) in [4.78, 5) is 15.0. The monoisotopic (exact) mass is 357 g/mol. The highest BCUT2D eigenvalue weighted by Gasteiger charge is 2.25. The van der Waals surface area contributed by atoms with Crippen molar-refractivity contribution in [2.24, 2.45) is 5.92 Å². The van der Waals surface area contributed by atoms with Crippen molar-refractivity contribution in [3.63, 3.8) is 0 Å². The Morgan fingerprint density at radius 2 is 1.77 bits per heavy atom. The van der Waals surface area contributed by atoms with Crippen LogP contribution >= 0.6 is 0 Å². The Labute approximate surface area is 154 Å². The van der Waals surface area contributed by atoms with Gasteiger partial charge in [0.15, 0.2) is 0 Å². The van der Waals surface area contributed by atoms with Gasteiger partial charge < -0.3 is 19.1 Å². The quantitative estimate of drug-likeness (QED) is 0.713. The number of nitrogens with zero attached hydrogens (tertiary/aromatic N) is 1. The van der Waals surface area contributed by atoms with E-state index in [4.69, 9.17) is 14.2 Å². The van der Waals surface area contributed by atoms with Crippen molar-refractivity contribution in [1.29, 1.82) is 0 Å². The maximum atomic E-state index is 13.0. The van der Waals surface area contributed by atoms with Crippen molar-refractivity contribution in [2.45, 2.75) is 12.8 Å². The normalized spacial score (nSPS) is 15.4. The molecule has 0 saturated carbocycles. The Hall–Kier alpha value is -2.11. The third-order valence-electron chi connectivity index (χ3n) is 4.99. The highest BCUT2D eigenvalue weighted by Crippen LogP contribution is 2.28. The zero-order chi connectivity index (χ0) is 18.4. The minimum absolute atomic E-state index is 0.0476. The molecule has 140 valence electrons. The standard InChI is InChI=1S/C21H27NO4/c1-24-11-12-26-15-16-7-9-22(10-8-16)21(23)19-13-17-5-3-4-6-18(17)14-20(19)25-2/h3-6,13-14,16H,7-12,15H2,1-2H3. The lowest BCUT2D eigenvalue weighted by molar-refractivity contribution is 0.0327. The number of ether oxygens (including phenoxy) is 3. The van der Waals surface area contributed by atoms with Crippen LogP contribution in [0, 0.1) is 5.92 Å². The lowest BCUT2D eigenvalue weighted by atomic mass is 9.96. The predicted octanol–water partition coefficient (Wildman–Crippen LogP) is 3.36. The maximum absolute atomic E-state index is 13.0.